The first-order chi connectivity index (χ1) is 19.0. The van der Waals surface area contributed by atoms with Crippen molar-refractivity contribution in [1.82, 2.24) is 15.0 Å². The second-order valence-electron chi connectivity index (χ2n) is 8.01. The van der Waals surface area contributed by atoms with Crippen LogP contribution in [0.4, 0.5) is 0 Å². The topological polar surface area (TPSA) is 113 Å². The van der Waals surface area contributed by atoms with Gasteiger partial charge in [0.1, 0.15) is 11.5 Å². The number of carbonyl (C=O) groups is 1. The molecule has 0 aliphatic rings. The largest absolute Gasteiger partial charge is 0.496 e. The van der Waals surface area contributed by atoms with E-state index in [1.807, 2.05) is 13.0 Å². The molecule has 0 atom stereocenters. The van der Waals surface area contributed by atoms with Crippen LogP contribution in [0.5, 0.6) is 23.0 Å². The van der Waals surface area contributed by atoms with Crippen LogP contribution < -0.4 is 29.9 Å². The molecule has 4 rings (SSSR count). The molecule has 1 aromatic heterocycles. The lowest BCUT2D eigenvalue weighted by Gasteiger charge is -2.13. The molecule has 4 aromatic rings. The first-order valence-corrected chi connectivity index (χ1v) is 13.0. The van der Waals surface area contributed by atoms with Gasteiger partial charge in [0.15, 0.2) is 16.7 Å². The maximum atomic E-state index is 13.4. The van der Waals surface area contributed by atoms with Crippen LogP contribution in [-0.2, 0) is 4.79 Å². The van der Waals surface area contributed by atoms with Gasteiger partial charge in [-0.05, 0) is 49.4 Å². The molecule has 0 saturated heterocycles. The molecular weight excluding hydrogens is 520 g/mol. The van der Waals surface area contributed by atoms with E-state index in [1.165, 1.54) is 32.1 Å². The van der Waals surface area contributed by atoms with Gasteiger partial charge in [-0.3, -0.25) is 14.2 Å². The van der Waals surface area contributed by atoms with Crippen LogP contribution in [-0.4, -0.2) is 55.4 Å². The van der Waals surface area contributed by atoms with Gasteiger partial charge in [0.2, 0.25) is 0 Å². The number of nitrogens with one attached hydrogen (secondary N) is 1. The van der Waals surface area contributed by atoms with E-state index in [4.69, 9.17) is 18.9 Å². The summed E-state index contributed by atoms with van der Waals surface area (Å²) in [4.78, 5) is 30.7. The zero-order chi connectivity index (χ0) is 27.8. The molecule has 3 aromatic carbocycles. The Bertz CT molecular complexity index is 1550. The molecule has 0 spiro atoms. The molecule has 10 nitrogen and oxygen atoms in total. The molecule has 0 unspecified atom stereocenters. The van der Waals surface area contributed by atoms with Crippen LogP contribution in [0.1, 0.15) is 12.5 Å². The molecule has 1 amide bonds. The number of carbonyl (C=O) groups excluding carboxylic acids is 1. The van der Waals surface area contributed by atoms with Crippen molar-refractivity contribution in [1.29, 1.82) is 0 Å². The van der Waals surface area contributed by atoms with Gasteiger partial charge < -0.3 is 18.9 Å². The Hall–Kier alpha value is -4.51. The summed E-state index contributed by atoms with van der Waals surface area (Å²) in [5.41, 5.74) is 4.02. The summed E-state index contributed by atoms with van der Waals surface area (Å²) < 4.78 is 23.0. The molecule has 1 heterocycles. The predicted octanol–water partition coefficient (Wildman–Crippen LogP) is 4.05. The summed E-state index contributed by atoms with van der Waals surface area (Å²) >= 11 is 1.13. The number of hydrogen-bond donors (Lipinski definition) is 1. The van der Waals surface area contributed by atoms with Crippen LogP contribution in [0.3, 0.4) is 0 Å². The summed E-state index contributed by atoms with van der Waals surface area (Å²) in [5, 5.41) is 4.91. The fourth-order valence-electron chi connectivity index (χ4n) is 3.78. The number of thioether (sulfide) groups is 1. The van der Waals surface area contributed by atoms with Crippen molar-refractivity contribution in [3.63, 3.8) is 0 Å². The molecule has 0 bridgehead atoms. The smallest absolute Gasteiger partial charge is 0.266 e. The van der Waals surface area contributed by atoms with Gasteiger partial charge in [-0.2, -0.15) is 5.10 Å². The number of nitrogens with zero attached hydrogens (tertiary/aromatic N) is 3. The summed E-state index contributed by atoms with van der Waals surface area (Å²) in [6.07, 6.45) is 1.45. The van der Waals surface area contributed by atoms with Crippen molar-refractivity contribution in [2.24, 2.45) is 5.10 Å². The van der Waals surface area contributed by atoms with Crippen LogP contribution in [0, 0.1) is 0 Å². The minimum absolute atomic E-state index is 0.0256. The molecule has 0 saturated carbocycles. The number of methoxy groups -OCH3 is 3. The maximum absolute atomic E-state index is 13.4. The third-order valence-electron chi connectivity index (χ3n) is 5.61. The van der Waals surface area contributed by atoms with E-state index in [9.17, 15) is 9.59 Å². The number of aromatic nitrogens is 2. The molecule has 11 heteroatoms. The van der Waals surface area contributed by atoms with Gasteiger partial charge in [0, 0.05) is 11.6 Å². The van der Waals surface area contributed by atoms with Gasteiger partial charge in [0.25, 0.3) is 11.5 Å². The van der Waals surface area contributed by atoms with E-state index < -0.39 is 0 Å². The Labute approximate surface area is 229 Å². The van der Waals surface area contributed by atoms with Crippen molar-refractivity contribution < 1.29 is 23.7 Å². The second-order valence-corrected chi connectivity index (χ2v) is 8.95. The zero-order valence-corrected chi connectivity index (χ0v) is 22.8. The van der Waals surface area contributed by atoms with Gasteiger partial charge in [-0.25, -0.2) is 10.4 Å². The monoisotopic (exact) mass is 548 g/mol. The number of amides is 1. The number of para-hydroxylation sites is 1. The Kier molecular flexibility index (Phi) is 9.06. The van der Waals surface area contributed by atoms with E-state index in [0.717, 1.165) is 11.8 Å². The fourth-order valence-corrected chi connectivity index (χ4v) is 4.59. The molecule has 202 valence electrons. The van der Waals surface area contributed by atoms with E-state index >= 15 is 0 Å². The van der Waals surface area contributed by atoms with Crippen LogP contribution >= 0.6 is 11.8 Å². The maximum Gasteiger partial charge on any atom is 0.266 e. The van der Waals surface area contributed by atoms with E-state index in [-0.39, 0.29) is 17.2 Å². The number of rotatable bonds is 11. The number of fused-ring (bicyclic) bond motifs is 1. The lowest BCUT2D eigenvalue weighted by molar-refractivity contribution is -0.118. The van der Waals surface area contributed by atoms with Gasteiger partial charge >= 0.3 is 0 Å². The van der Waals surface area contributed by atoms with Gasteiger partial charge in [-0.15, -0.1) is 0 Å². The number of ether oxygens (including phenoxy) is 4. The van der Waals surface area contributed by atoms with Crippen molar-refractivity contribution in [2.75, 3.05) is 33.7 Å². The average Bonchev–Trinajstić information content (AvgIpc) is 2.96. The Morgan fingerprint density at radius 2 is 1.69 bits per heavy atom. The van der Waals surface area contributed by atoms with Crippen molar-refractivity contribution in [3.8, 4) is 28.7 Å². The number of benzene rings is 3. The van der Waals surface area contributed by atoms with E-state index in [0.29, 0.717) is 56.9 Å². The highest BCUT2D eigenvalue weighted by molar-refractivity contribution is 7.99. The SMILES string of the molecule is CCOc1ccc(-n2c(SCC(=O)NN=Cc3cc(OC)c(OC)cc3OC)nc3ccccc3c2=O)cc1. The molecule has 39 heavy (non-hydrogen) atoms. The average molecular weight is 549 g/mol. The van der Waals surface area contributed by atoms with E-state index in [1.54, 1.807) is 54.6 Å². The quantitative estimate of drug-likeness (QED) is 0.129. The molecule has 0 aliphatic carbocycles. The normalized spacial score (nSPS) is 11.0. The van der Waals surface area contributed by atoms with Crippen molar-refractivity contribution in [2.45, 2.75) is 12.1 Å². The Morgan fingerprint density at radius 1 is 1.00 bits per heavy atom. The van der Waals surface area contributed by atoms with Crippen molar-refractivity contribution in [3.05, 3.63) is 76.6 Å². The lowest BCUT2D eigenvalue weighted by atomic mass is 10.2. The van der Waals surface area contributed by atoms with Crippen LogP contribution in [0.15, 0.2) is 75.7 Å². The van der Waals surface area contributed by atoms with Gasteiger partial charge in [-0.1, -0.05) is 23.9 Å². The summed E-state index contributed by atoms with van der Waals surface area (Å²) in [7, 11) is 4.58. The molecule has 0 fully saturated rings. The molecule has 0 aliphatic heterocycles. The zero-order valence-electron chi connectivity index (χ0n) is 22.0. The number of hydrazone groups is 1. The Morgan fingerprint density at radius 3 is 2.38 bits per heavy atom. The predicted molar refractivity (Wildman–Crippen MR) is 151 cm³/mol. The standard InChI is InChI=1S/C28H28N4O6S/c1-5-38-20-12-10-19(11-13-20)32-27(34)21-8-6-7-9-22(21)30-28(32)39-17-26(33)31-29-16-18-14-24(36-3)25(37-4)15-23(18)35-2/h6-16H,5,17H2,1-4H3,(H,31,33). The third-order valence-corrected chi connectivity index (χ3v) is 6.55. The molecule has 1 N–H and O–H groups in total. The second kappa shape index (κ2) is 12.8. The highest BCUT2D eigenvalue weighted by Gasteiger charge is 2.15. The molecule has 0 radical (unpaired) electrons. The van der Waals surface area contributed by atoms with Gasteiger partial charge in [0.05, 0.1) is 56.5 Å². The summed E-state index contributed by atoms with van der Waals surface area (Å²) in [5.74, 6) is 1.80. The first-order valence-electron chi connectivity index (χ1n) is 12.0. The lowest BCUT2D eigenvalue weighted by Crippen LogP contribution is -2.24. The van der Waals surface area contributed by atoms with Crippen LogP contribution in [0.2, 0.25) is 0 Å². The number of hydrogen-bond acceptors (Lipinski definition) is 9. The van der Waals surface area contributed by atoms with E-state index in [2.05, 4.69) is 15.5 Å². The summed E-state index contributed by atoms with van der Waals surface area (Å²) in [6, 6.07) is 17.6. The highest BCUT2D eigenvalue weighted by atomic mass is 32.2. The first kappa shape index (κ1) is 27.5. The minimum Gasteiger partial charge on any atom is -0.496 e. The summed E-state index contributed by atoms with van der Waals surface area (Å²) in [6.45, 7) is 2.44. The third kappa shape index (κ3) is 6.32. The minimum atomic E-state index is -0.378. The van der Waals surface area contributed by atoms with Crippen LogP contribution in [0.25, 0.3) is 16.6 Å². The Balaban J connectivity index is 1.54. The highest BCUT2D eigenvalue weighted by Crippen LogP contribution is 2.33. The van der Waals surface area contributed by atoms with Crippen molar-refractivity contribution >= 4 is 34.8 Å². The molecular formula is C28H28N4O6S. The fraction of sp³-hybridized carbons (Fsp3) is 0.214.